The van der Waals surface area contributed by atoms with Crippen LogP contribution in [0.2, 0.25) is 0 Å². The summed E-state index contributed by atoms with van der Waals surface area (Å²) in [6.45, 7) is 5.87. The molecule has 140 valence electrons. The van der Waals surface area contributed by atoms with Crippen LogP contribution in [0, 0.1) is 20.8 Å². The van der Waals surface area contributed by atoms with Crippen LogP contribution >= 0.6 is 11.8 Å². The lowest BCUT2D eigenvalue weighted by Gasteiger charge is -2.11. The average molecular weight is 382 g/mol. The van der Waals surface area contributed by atoms with Gasteiger partial charge in [0.2, 0.25) is 5.91 Å². The van der Waals surface area contributed by atoms with Crippen LogP contribution in [0.15, 0.2) is 47.6 Å². The average Bonchev–Trinajstić information content (AvgIpc) is 3.03. The Hall–Kier alpha value is -2.80. The molecule has 0 aliphatic rings. The van der Waals surface area contributed by atoms with Gasteiger partial charge in [0.05, 0.1) is 12.9 Å². The van der Waals surface area contributed by atoms with Gasteiger partial charge >= 0.3 is 0 Å². The molecular formula is C20H22N4O2S. The topological polar surface area (TPSA) is 69.0 Å². The van der Waals surface area contributed by atoms with E-state index in [9.17, 15) is 4.79 Å². The summed E-state index contributed by atoms with van der Waals surface area (Å²) in [4.78, 5) is 12.4. The standard InChI is InChI=1S/C20H22N4O2S/c1-13-5-6-14(2)18(11-13)21-19(25)12-27-20-23-22-15(3)24(20)16-7-9-17(26-4)10-8-16/h5-11H,12H2,1-4H3,(H,21,25). The van der Waals surface area contributed by atoms with Crippen molar-refractivity contribution in [1.82, 2.24) is 14.8 Å². The van der Waals surface area contributed by atoms with Crippen molar-refractivity contribution < 1.29 is 9.53 Å². The third-order valence-electron chi connectivity index (χ3n) is 4.13. The van der Waals surface area contributed by atoms with Gasteiger partial charge in [0.25, 0.3) is 0 Å². The summed E-state index contributed by atoms with van der Waals surface area (Å²) in [6, 6.07) is 13.7. The number of amides is 1. The zero-order valence-corrected chi connectivity index (χ0v) is 16.6. The maximum atomic E-state index is 12.4. The van der Waals surface area contributed by atoms with E-state index in [4.69, 9.17) is 4.74 Å². The van der Waals surface area contributed by atoms with Crippen LogP contribution in [0.4, 0.5) is 5.69 Å². The quantitative estimate of drug-likeness (QED) is 0.654. The number of benzene rings is 2. The van der Waals surface area contributed by atoms with Gasteiger partial charge in [0, 0.05) is 11.4 Å². The second-order valence-electron chi connectivity index (χ2n) is 6.22. The molecule has 7 heteroatoms. The number of hydrogen-bond acceptors (Lipinski definition) is 5. The molecule has 6 nitrogen and oxygen atoms in total. The number of carbonyl (C=O) groups is 1. The minimum Gasteiger partial charge on any atom is -0.497 e. The summed E-state index contributed by atoms with van der Waals surface area (Å²) in [7, 11) is 1.63. The van der Waals surface area contributed by atoms with Crippen molar-refractivity contribution in [2.24, 2.45) is 0 Å². The van der Waals surface area contributed by atoms with Gasteiger partial charge in [-0.25, -0.2) is 0 Å². The number of thioether (sulfide) groups is 1. The van der Waals surface area contributed by atoms with Crippen LogP contribution in [-0.4, -0.2) is 33.5 Å². The highest BCUT2D eigenvalue weighted by molar-refractivity contribution is 7.99. The number of nitrogens with one attached hydrogen (secondary N) is 1. The summed E-state index contributed by atoms with van der Waals surface area (Å²) in [5, 5.41) is 12.0. The maximum Gasteiger partial charge on any atom is 0.234 e. The molecule has 1 heterocycles. The van der Waals surface area contributed by atoms with Gasteiger partial charge in [-0.15, -0.1) is 10.2 Å². The molecule has 1 N–H and O–H groups in total. The fourth-order valence-corrected chi connectivity index (χ4v) is 3.45. The number of carbonyl (C=O) groups excluding carboxylic acids is 1. The van der Waals surface area contributed by atoms with Crippen molar-refractivity contribution in [3.8, 4) is 11.4 Å². The van der Waals surface area contributed by atoms with Gasteiger partial charge in [-0.05, 0) is 62.2 Å². The molecule has 3 aromatic rings. The van der Waals surface area contributed by atoms with Crippen molar-refractivity contribution in [1.29, 1.82) is 0 Å². The number of aryl methyl sites for hydroxylation is 3. The summed E-state index contributed by atoms with van der Waals surface area (Å²) >= 11 is 1.36. The minimum atomic E-state index is -0.0735. The maximum absolute atomic E-state index is 12.4. The van der Waals surface area contributed by atoms with Gasteiger partial charge in [0.15, 0.2) is 5.16 Å². The summed E-state index contributed by atoms with van der Waals surface area (Å²) in [5.74, 6) is 1.72. The largest absolute Gasteiger partial charge is 0.497 e. The van der Waals surface area contributed by atoms with Crippen LogP contribution in [0.25, 0.3) is 5.69 Å². The van der Waals surface area contributed by atoms with Crippen molar-refractivity contribution in [3.05, 3.63) is 59.4 Å². The monoisotopic (exact) mass is 382 g/mol. The lowest BCUT2D eigenvalue weighted by atomic mass is 10.1. The molecule has 1 amide bonds. The molecule has 0 aliphatic carbocycles. The van der Waals surface area contributed by atoms with Crippen molar-refractivity contribution in [3.63, 3.8) is 0 Å². The van der Waals surface area contributed by atoms with Gasteiger partial charge in [-0.3, -0.25) is 9.36 Å². The number of aromatic nitrogens is 3. The first kappa shape index (κ1) is 19.0. The molecule has 3 rings (SSSR count). The fraction of sp³-hybridized carbons (Fsp3) is 0.250. The molecule has 0 saturated carbocycles. The van der Waals surface area contributed by atoms with E-state index in [-0.39, 0.29) is 11.7 Å². The molecule has 2 aromatic carbocycles. The Balaban J connectivity index is 1.71. The summed E-state index contributed by atoms with van der Waals surface area (Å²) < 4.78 is 7.13. The highest BCUT2D eigenvalue weighted by Crippen LogP contribution is 2.24. The highest BCUT2D eigenvalue weighted by Gasteiger charge is 2.14. The molecule has 0 radical (unpaired) electrons. The Morgan fingerprint density at radius 2 is 1.85 bits per heavy atom. The Morgan fingerprint density at radius 3 is 2.56 bits per heavy atom. The van der Waals surface area contributed by atoms with Crippen LogP contribution in [0.3, 0.4) is 0 Å². The Bertz CT molecular complexity index is 951. The van der Waals surface area contributed by atoms with E-state index in [1.807, 2.05) is 67.8 Å². The molecule has 0 aliphatic heterocycles. The number of ether oxygens (including phenoxy) is 1. The molecule has 0 saturated heterocycles. The van der Waals surface area contributed by atoms with Crippen molar-refractivity contribution in [2.75, 3.05) is 18.2 Å². The van der Waals surface area contributed by atoms with Crippen LogP contribution in [-0.2, 0) is 4.79 Å². The molecule has 27 heavy (non-hydrogen) atoms. The van der Waals surface area contributed by atoms with Crippen LogP contribution in [0.5, 0.6) is 5.75 Å². The molecule has 1 aromatic heterocycles. The van der Waals surface area contributed by atoms with E-state index in [0.717, 1.165) is 34.1 Å². The fourth-order valence-electron chi connectivity index (χ4n) is 2.65. The Labute approximate surface area is 163 Å². The molecule has 0 fully saturated rings. The number of nitrogens with zero attached hydrogens (tertiary/aromatic N) is 3. The number of hydrogen-bond donors (Lipinski definition) is 1. The predicted molar refractivity (Wildman–Crippen MR) is 108 cm³/mol. The van der Waals surface area contributed by atoms with Gasteiger partial charge in [-0.2, -0.15) is 0 Å². The SMILES string of the molecule is COc1ccc(-n2c(C)nnc2SCC(=O)Nc2cc(C)ccc2C)cc1. The zero-order valence-electron chi connectivity index (χ0n) is 15.8. The number of anilines is 1. The van der Waals surface area contributed by atoms with Crippen molar-refractivity contribution >= 4 is 23.4 Å². The van der Waals surface area contributed by atoms with E-state index in [0.29, 0.717) is 5.16 Å². The van der Waals surface area contributed by atoms with Gasteiger partial charge in [0.1, 0.15) is 11.6 Å². The zero-order chi connectivity index (χ0) is 19.4. The summed E-state index contributed by atoms with van der Waals surface area (Å²) in [6.07, 6.45) is 0. The van der Waals surface area contributed by atoms with E-state index in [1.165, 1.54) is 11.8 Å². The predicted octanol–water partition coefficient (Wildman–Crippen LogP) is 3.93. The first-order chi connectivity index (χ1) is 13.0. The molecule has 0 spiro atoms. The molecular weight excluding hydrogens is 360 g/mol. The third kappa shape index (κ3) is 4.49. The van der Waals surface area contributed by atoms with Gasteiger partial charge < -0.3 is 10.1 Å². The second-order valence-corrected chi connectivity index (χ2v) is 7.16. The second kappa shape index (κ2) is 8.26. The lowest BCUT2D eigenvalue weighted by molar-refractivity contribution is -0.113. The van der Waals surface area contributed by atoms with E-state index < -0.39 is 0 Å². The normalized spacial score (nSPS) is 10.7. The van der Waals surface area contributed by atoms with Crippen LogP contribution in [0.1, 0.15) is 17.0 Å². The van der Waals surface area contributed by atoms with Gasteiger partial charge in [-0.1, -0.05) is 23.9 Å². The Kier molecular flexibility index (Phi) is 5.81. The molecule has 0 unspecified atom stereocenters. The van der Waals surface area contributed by atoms with E-state index >= 15 is 0 Å². The summed E-state index contributed by atoms with van der Waals surface area (Å²) in [5.41, 5.74) is 3.92. The molecule has 0 bridgehead atoms. The number of methoxy groups -OCH3 is 1. The highest BCUT2D eigenvalue weighted by atomic mass is 32.2. The lowest BCUT2D eigenvalue weighted by Crippen LogP contribution is -2.15. The minimum absolute atomic E-state index is 0.0735. The Morgan fingerprint density at radius 1 is 1.11 bits per heavy atom. The first-order valence-corrected chi connectivity index (χ1v) is 9.53. The third-order valence-corrected chi connectivity index (χ3v) is 5.05. The smallest absolute Gasteiger partial charge is 0.234 e. The van der Waals surface area contributed by atoms with Crippen LogP contribution < -0.4 is 10.1 Å². The number of rotatable bonds is 6. The van der Waals surface area contributed by atoms with E-state index in [1.54, 1.807) is 7.11 Å². The molecule has 0 atom stereocenters. The van der Waals surface area contributed by atoms with E-state index in [2.05, 4.69) is 15.5 Å². The van der Waals surface area contributed by atoms with Crippen molar-refractivity contribution in [2.45, 2.75) is 25.9 Å². The first-order valence-electron chi connectivity index (χ1n) is 8.54.